The first kappa shape index (κ1) is 15.8. The van der Waals surface area contributed by atoms with Crippen LogP contribution in [0, 0.1) is 6.92 Å². The van der Waals surface area contributed by atoms with Crippen LogP contribution in [0.4, 0.5) is 0 Å². The molecule has 1 aromatic heterocycles. The van der Waals surface area contributed by atoms with E-state index in [2.05, 4.69) is 15.7 Å². The molecule has 0 saturated heterocycles. The molecule has 0 fully saturated rings. The zero-order valence-corrected chi connectivity index (χ0v) is 13.0. The summed E-state index contributed by atoms with van der Waals surface area (Å²) in [5.74, 6) is -0.594. The van der Waals surface area contributed by atoms with Gasteiger partial charge in [0.05, 0.1) is 12.6 Å². The van der Waals surface area contributed by atoms with Crippen LogP contribution in [0.3, 0.4) is 0 Å². The van der Waals surface area contributed by atoms with Crippen molar-refractivity contribution in [3.8, 4) is 0 Å². The van der Waals surface area contributed by atoms with E-state index in [1.54, 1.807) is 17.8 Å². The van der Waals surface area contributed by atoms with Crippen molar-refractivity contribution in [1.82, 2.24) is 20.4 Å². The van der Waals surface area contributed by atoms with Gasteiger partial charge in [-0.3, -0.25) is 14.3 Å². The van der Waals surface area contributed by atoms with Crippen molar-refractivity contribution in [2.75, 3.05) is 6.54 Å². The highest BCUT2D eigenvalue weighted by molar-refractivity contribution is 5.94. The number of rotatable bonds is 5. The Morgan fingerprint density at radius 2 is 1.95 bits per heavy atom. The molecule has 0 saturated carbocycles. The molecular formula is C16H20N4O2. The lowest BCUT2D eigenvalue weighted by Crippen LogP contribution is -2.38. The first-order valence-electron chi connectivity index (χ1n) is 7.10. The van der Waals surface area contributed by atoms with Gasteiger partial charge < -0.3 is 10.6 Å². The third-order valence-corrected chi connectivity index (χ3v) is 3.43. The number of aromatic nitrogens is 2. The molecule has 0 radical (unpaired) electrons. The molecule has 0 aliphatic carbocycles. The van der Waals surface area contributed by atoms with Crippen molar-refractivity contribution in [2.24, 2.45) is 7.05 Å². The predicted molar refractivity (Wildman–Crippen MR) is 83.3 cm³/mol. The molecule has 6 nitrogen and oxygen atoms in total. The van der Waals surface area contributed by atoms with Crippen LogP contribution in [-0.4, -0.2) is 28.1 Å². The van der Waals surface area contributed by atoms with E-state index in [4.69, 9.17) is 0 Å². The lowest BCUT2D eigenvalue weighted by atomic mass is 10.1. The Morgan fingerprint density at radius 3 is 2.55 bits per heavy atom. The molecule has 1 heterocycles. The molecule has 1 unspecified atom stereocenters. The summed E-state index contributed by atoms with van der Waals surface area (Å²) in [5, 5.41) is 9.48. The maximum absolute atomic E-state index is 11.9. The van der Waals surface area contributed by atoms with E-state index >= 15 is 0 Å². The Balaban J connectivity index is 1.84. The molecule has 1 atom stereocenters. The van der Waals surface area contributed by atoms with Gasteiger partial charge in [-0.05, 0) is 25.5 Å². The van der Waals surface area contributed by atoms with E-state index in [1.165, 1.54) is 0 Å². The number of benzene rings is 1. The van der Waals surface area contributed by atoms with Crippen LogP contribution in [-0.2, 0) is 11.8 Å². The minimum absolute atomic E-state index is 0.0777. The number of aryl methyl sites for hydroxylation is 2. The second-order valence-electron chi connectivity index (χ2n) is 5.18. The fraction of sp³-hybridized carbons (Fsp3) is 0.312. The molecule has 116 valence electrons. The molecule has 0 bridgehead atoms. The standard InChI is InChI=1S/C16H20N4O2/c1-11-9-14(19-20(11)3)16(22)17-10-15(21)18-12(2)13-7-5-4-6-8-13/h4-9,12H,10H2,1-3H3,(H,17,22)(H,18,21). The number of nitrogens with one attached hydrogen (secondary N) is 2. The number of amides is 2. The van der Waals surface area contributed by atoms with Gasteiger partial charge in [0.25, 0.3) is 5.91 Å². The summed E-state index contributed by atoms with van der Waals surface area (Å²) in [6.45, 7) is 3.68. The van der Waals surface area contributed by atoms with E-state index in [0.717, 1.165) is 11.3 Å². The van der Waals surface area contributed by atoms with Crippen molar-refractivity contribution in [3.05, 3.63) is 53.3 Å². The smallest absolute Gasteiger partial charge is 0.272 e. The summed E-state index contributed by atoms with van der Waals surface area (Å²) in [7, 11) is 1.76. The highest BCUT2D eigenvalue weighted by Crippen LogP contribution is 2.10. The second kappa shape index (κ2) is 6.89. The summed E-state index contributed by atoms with van der Waals surface area (Å²) in [6.07, 6.45) is 0. The second-order valence-corrected chi connectivity index (χ2v) is 5.18. The first-order chi connectivity index (χ1) is 10.5. The molecule has 0 aliphatic rings. The van der Waals surface area contributed by atoms with Crippen LogP contribution in [0.2, 0.25) is 0 Å². The van der Waals surface area contributed by atoms with Gasteiger partial charge in [0.1, 0.15) is 5.69 Å². The zero-order chi connectivity index (χ0) is 16.1. The Labute approximate surface area is 129 Å². The lowest BCUT2D eigenvalue weighted by Gasteiger charge is -2.14. The van der Waals surface area contributed by atoms with Gasteiger partial charge in [0, 0.05) is 12.7 Å². The quantitative estimate of drug-likeness (QED) is 0.875. The third kappa shape index (κ3) is 3.94. The van der Waals surface area contributed by atoms with E-state index in [9.17, 15) is 9.59 Å². The van der Waals surface area contributed by atoms with Crippen LogP contribution in [0.1, 0.15) is 34.7 Å². The average Bonchev–Trinajstić information content (AvgIpc) is 2.85. The Kier molecular flexibility index (Phi) is 4.93. The first-order valence-corrected chi connectivity index (χ1v) is 7.10. The van der Waals surface area contributed by atoms with Crippen molar-refractivity contribution in [1.29, 1.82) is 0 Å². The van der Waals surface area contributed by atoms with Gasteiger partial charge >= 0.3 is 0 Å². The van der Waals surface area contributed by atoms with E-state index in [-0.39, 0.29) is 24.4 Å². The molecule has 1 aromatic carbocycles. The van der Waals surface area contributed by atoms with Gasteiger partial charge in [-0.25, -0.2) is 0 Å². The summed E-state index contributed by atoms with van der Waals surface area (Å²) in [5.41, 5.74) is 2.21. The van der Waals surface area contributed by atoms with Crippen LogP contribution in [0.25, 0.3) is 0 Å². The van der Waals surface area contributed by atoms with Crippen molar-refractivity contribution >= 4 is 11.8 Å². The van der Waals surface area contributed by atoms with Crippen molar-refractivity contribution in [2.45, 2.75) is 19.9 Å². The zero-order valence-electron chi connectivity index (χ0n) is 13.0. The summed E-state index contributed by atoms with van der Waals surface area (Å²) < 4.78 is 1.62. The van der Waals surface area contributed by atoms with Crippen LogP contribution >= 0.6 is 0 Å². The summed E-state index contributed by atoms with van der Waals surface area (Å²) in [6, 6.07) is 11.2. The number of hydrogen-bond donors (Lipinski definition) is 2. The van der Waals surface area contributed by atoms with Gasteiger partial charge in [-0.1, -0.05) is 30.3 Å². The Bertz CT molecular complexity index is 645. The molecule has 22 heavy (non-hydrogen) atoms. The minimum atomic E-state index is -0.355. The summed E-state index contributed by atoms with van der Waals surface area (Å²) >= 11 is 0. The Hall–Kier alpha value is -2.63. The van der Waals surface area contributed by atoms with Crippen LogP contribution in [0.15, 0.2) is 36.4 Å². The highest BCUT2D eigenvalue weighted by Gasteiger charge is 2.13. The van der Waals surface area contributed by atoms with E-state index < -0.39 is 0 Å². The molecule has 6 heteroatoms. The molecule has 0 spiro atoms. The van der Waals surface area contributed by atoms with Gasteiger partial charge in [-0.15, -0.1) is 0 Å². The molecule has 2 aromatic rings. The van der Waals surface area contributed by atoms with Gasteiger partial charge in [0.2, 0.25) is 5.91 Å². The fourth-order valence-electron chi connectivity index (χ4n) is 2.04. The Morgan fingerprint density at radius 1 is 1.27 bits per heavy atom. The SMILES string of the molecule is Cc1cc(C(=O)NCC(=O)NC(C)c2ccccc2)nn1C. The van der Waals surface area contributed by atoms with Crippen LogP contribution in [0.5, 0.6) is 0 Å². The highest BCUT2D eigenvalue weighted by atomic mass is 16.2. The fourth-order valence-corrected chi connectivity index (χ4v) is 2.04. The van der Waals surface area contributed by atoms with Crippen LogP contribution < -0.4 is 10.6 Å². The number of carbonyl (C=O) groups excluding carboxylic acids is 2. The van der Waals surface area contributed by atoms with Gasteiger partial charge in [0.15, 0.2) is 0 Å². The predicted octanol–water partition coefficient (Wildman–Crippen LogP) is 1.34. The monoisotopic (exact) mass is 300 g/mol. The average molecular weight is 300 g/mol. The van der Waals surface area contributed by atoms with E-state index in [1.807, 2.05) is 44.2 Å². The lowest BCUT2D eigenvalue weighted by molar-refractivity contribution is -0.120. The maximum Gasteiger partial charge on any atom is 0.272 e. The molecule has 2 N–H and O–H groups in total. The topological polar surface area (TPSA) is 76.0 Å². The van der Waals surface area contributed by atoms with E-state index in [0.29, 0.717) is 5.69 Å². The van der Waals surface area contributed by atoms with Crippen molar-refractivity contribution in [3.63, 3.8) is 0 Å². The van der Waals surface area contributed by atoms with Gasteiger partial charge in [-0.2, -0.15) is 5.10 Å². The largest absolute Gasteiger partial charge is 0.348 e. The molecular weight excluding hydrogens is 280 g/mol. The summed E-state index contributed by atoms with van der Waals surface area (Å²) in [4.78, 5) is 23.8. The number of carbonyl (C=O) groups is 2. The molecule has 2 amide bonds. The third-order valence-electron chi connectivity index (χ3n) is 3.43. The molecule has 0 aliphatic heterocycles. The minimum Gasteiger partial charge on any atom is -0.348 e. The number of hydrogen-bond acceptors (Lipinski definition) is 3. The van der Waals surface area contributed by atoms with Crippen molar-refractivity contribution < 1.29 is 9.59 Å². The normalized spacial score (nSPS) is 11.8. The maximum atomic E-state index is 11.9. The molecule has 2 rings (SSSR count). The number of nitrogens with zero attached hydrogens (tertiary/aromatic N) is 2.